The molecule has 0 saturated heterocycles. The number of ketones is 1. The predicted molar refractivity (Wildman–Crippen MR) is 53.0 cm³/mol. The van der Waals surface area contributed by atoms with Crippen LogP contribution in [0.4, 0.5) is 0 Å². The maximum absolute atomic E-state index is 10.5. The van der Waals surface area contributed by atoms with Crippen molar-refractivity contribution in [2.24, 2.45) is 5.92 Å². The van der Waals surface area contributed by atoms with Gasteiger partial charge in [-0.25, -0.2) is 0 Å². The average molecular weight is 166 g/mol. The van der Waals surface area contributed by atoms with Crippen LogP contribution in [0.3, 0.4) is 0 Å². The molecule has 0 spiro atoms. The van der Waals surface area contributed by atoms with Crippen molar-refractivity contribution in [1.82, 2.24) is 0 Å². The van der Waals surface area contributed by atoms with Gasteiger partial charge in [-0.3, -0.25) is 4.79 Å². The van der Waals surface area contributed by atoms with Gasteiger partial charge in [-0.15, -0.1) is 0 Å². The molecule has 0 aliphatic heterocycles. The van der Waals surface area contributed by atoms with E-state index in [0.29, 0.717) is 5.92 Å². The quantitative estimate of drug-likeness (QED) is 0.463. The van der Waals surface area contributed by atoms with Crippen molar-refractivity contribution in [3.8, 4) is 0 Å². The van der Waals surface area contributed by atoms with Gasteiger partial charge in [-0.1, -0.05) is 31.6 Å². The molecule has 0 N–H and O–H groups in total. The van der Waals surface area contributed by atoms with Crippen LogP contribution >= 0.6 is 0 Å². The van der Waals surface area contributed by atoms with E-state index in [4.69, 9.17) is 0 Å². The Morgan fingerprint density at radius 2 is 1.92 bits per heavy atom. The van der Waals surface area contributed by atoms with Gasteiger partial charge in [0, 0.05) is 0 Å². The third-order valence-electron chi connectivity index (χ3n) is 1.44. The zero-order chi connectivity index (χ0) is 9.56. The molecule has 0 aromatic carbocycles. The maximum atomic E-state index is 10.5. The lowest BCUT2D eigenvalue weighted by molar-refractivity contribution is -0.112. The van der Waals surface area contributed by atoms with Crippen LogP contribution < -0.4 is 0 Å². The van der Waals surface area contributed by atoms with Crippen LogP contribution in [0, 0.1) is 5.92 Å². The molecule has 0 unspecified atom stereocenters. The van der Waals surface area contributed by atoms with Gasteiger partial charge in [0.05, 0.1) is 0 Å². The highest BCUT2D eigenvalue weighted by atomic mass is 16.1. The molecule has 1 heteroatoms. The molecule has 0 saturated carbocycles. The third-order valence-corrected chi connectivity index (χ3v) is 1.44. The number of rotatable bonds is 4. The molecule has 0 fully saturated rings. The molecule has 0 aliphatic carbocycles. The molecule has 0 amide bonds. The summed E-state index contributed by atoms with van der Waals surface area (Å²) in [5, 5.41) is 0. The summed E-state index contributed by atoms with van der Waals surface area (Å²) in [6, 6.07) is 0. The van der Waals surface area contributed by atoms with Crippen molar-refractivity contribution in [2.75, 3.05) is 0 Å². The van der Waals surface area contributed by atoms with Gasteiger partial charge < -0.3 is 0 Å². The van der Waals surface area contributed by atoms with Gasteiger partial charge >= 0.3 is 0 Å². The number of carbonyl (C=O) groups is 1. The van der Waals surface area contributed by atoms with E-state index in [-0.39, 0.29) is 5.78 Å². The zero-order valence-corrected chi connectivity index (χ0v) is 8.42. The number of hydrogen-bond acceptors (Lipinski definition) is 1. The lowest BCUT2D eigenvalue weighted by Gasteiger charge is -2.02. The Hall–Kier alpha value is -0.850. The van der Waals surface area contributed by atoms with Crippen LogP contribution in [0.1, 0.15) is 34.1 Å². The summed E-state index contributed by atoms with van der Waals surface area (Å²) in [6.45, 7) is 8.02. The molecule has 68 valence electrons. The minimum Gasteiger partial charge on any atom is -0.295 e. The topological polar surface area (TPSA) is 17.1 Å². The van der Waals surface area contributed by atoms with Gasteiger partial charge in [-0.05, 0) is 32.3 Å². The van der Waals surface area contributed by atoms with E-state index < -0.39 is 0 Å². The first kappa shape index (κ1) is 11.2. The maximum Gasteiger partial charge on any atom is 0.152 e. The van der Waals surface area contributed by atoms with E-state index in [1.54, 1.807) is 13.0 Å². The standard InChI is InChI=1S/C11H18O/c1-9(2)8-10(3)6-5-7-11(4)12/h5-7,9H,8H2,1-4H3/b7-5+,10-6+. The molecule has 0 aromatic rings. The molecule has 0 radical (unpaired) electrons. The van der Waals surface area contributed by atoms with Crippen LogP contribution in [-0.2, 0) is 4.79 Å². The fourth-order valence-electron chi connectivity index (χ4n) is 1.06. The third kappa shape index (κ3) is 7.26. The molecule has 12 heavy (non-hydrogen) atoms. The predicted octanol–water partition coefficient (Wildman–Crippen LogP) is 3.12. The van der Waals surface area contributed by atoms with Crippen molar-refractivity contribution >= 4 is 5.78 Å². The number of allylic oxidation sites excluding steroid dienone is 4. The second-order valence-electron chi connectivity index (χ2n) is 3.58. The van der Waals surface area contributed by atoms with Crippen LogP contribution in [0.15, 0.2) is 23.8 Å². The summed E-state index contributed by atoms with van der Waals surface area (Å²) in [5.41, 5.74) is 1.32. The fraction of sp³-hybridized carbons (Fsp3) is 0.545. The van der Waals surface area contributed by atoms with Crippen molar-refractivity contribution < 1.29 is 4.79 Å². The van der Waals surface area contributed by atoms with E-state index in [1.807, 2.05) is 12.2 Å². The second kappa shape index (κ2) is 5.76. The zero-order valence-electron chi connectivity index (χ0n) is 8.42. The van der Waals surface area contributed by atoms with Crippen molar-refractivity contribution in [3.63, 3.8) is 0 Å². The summed E-state index contributed by atoms with van der Waals surface area (Å²) in [6.07, 6.45) is 6.51. The Morgan fingerprint density at radius 1 is 1.33 bits per heavy atom. The smallest absolute Gasteiger partial charge is 0.152 e. The van der Waals surface area contributed by atoms with Crippen LogP contribution in [0.2, 0.25) is 0 Å². The Balaban J connectivity index is 3.92. The molecular weight excluding hydrogens is 148 g/mol. The summed E-state index contributed by atoms with van der Waals surface area (Å²) in [5.74, 6) is 0.788. The van der Waals surface area contributed by atoms with Crippen LogP contribution in [-0.4, -0.2) is 5.78 Å². The summed E-state index contributed by atoms with van der Waals surface area (Å²) >= 11 is 0. The fourth-order valence-corrected chi connectivity index (χ4v) is 1.06. The minimum absolute atomic E-state index is 0.101. The Kier molecular flexibility index (Phi) is 5.35. The first-order valence-electron chi connectivity index (χ1n) is 4.36. The van der Waals surface area contributed by atoms with Gasteiger partial charge in [0.2, 0.25) is 0 Å². The van der Waals surface area contributed by atoms with Gasteiger partial charge in [0.1, 0.15) is 0 Å². The molecule has 0 aromatic heterocycles. The van der Waals surface area contributed by atoms with Crippen LogP contribution in [0.5, 0.6) is 0 Å². The lowest BCUT2D eigenvalue weighted by atomic mass is 10.0. The van der Waals surface area contributed by atoms with Gasteiger partial charge in [0.15, 0.2) is 5.78 Å². The number of carbonyl (C=O) groups excluding carboxylic acids is 1. The molecule has 0 aliphatic rings. The van der Waals surface area contributed by atoms with Gasteiger partial charge in [-0.2, -0.15) is 0 Å². The summed E-state index contributed by atoms with van der Waals surface area (Å²) in [4.78, 5) is 10.5. The first-order chi connectivity index (χ1) is 5.52. The van der Waals surface area contributed by atoms with Crippen molar-refractivity contribution in [1.29, 1.82) is 0 Å². The normalized spacial score (nSPS) is 12.9. The molecular formula is C11H18O. The van der Waals surface area contributed by atoms with Crippen LogP contribution in [0.25, 0.3) is 0 Å². The molecule has 0 heterocycles. The lowest BCUT2D eigenvalue weighted by Crippen LogP contribution is -1.87. The van der Waals surface area contributed by atoms with E-state index in [1.165, 1.54) is 5.57 Å². The first-order valence-corrected chi connectivity index (χ1v) is 4.36. The monoisotopic (exact) mass is 166 g/mol. The Morgan fingerprint density at radius 3 is 2.33 bits per heavy atom. The minimum atomic E-state index is 0.101. The van der Waals surface area contributed by atoms with Crippen molar-refractivity contribution in [2.45, 2.75) is 34.1 Å². The SMILES string of the molecule is CC(=O)/C=C/C=C(\C)CC(C)C. The molecule has 0 atom stereocenters. The van der Waals surface area contributed by atoms with E-state index in [2.05, 4.69) is 20.8 Å². The van der Waals surface area contributed by atoms with Crippen molar-refractivity contribution in [3.05, 3.63) is 23.8 Å². The second-order valence-corrected chi connectivity index (χ2v) is 3.58. The Bertz CT molecular complexity index is 197. The molecule has 1 nitrogen and oxygen atoms in total. The summed E-state index contributed by atoms with van der Waals surface area (Å²) in [7, 11) is 0. The molecule has 0 bridgehead atoms. The van der Waals surface area contributed by atoms with E-state index >= 15 is 0 Å². The van der Waals surface area contributed by atoms with E-state index in [9.17, 15) is 4.79 Å². The molecule has 0 rings (SSSR count). The summed E-state index contributed by atoms with van der Waals surface area (Å²) < 4.78 is 0. The largest absolute Gasteiger partial charge is 0.295 e. The highest BCUT2D eigenvalue weighted by molar-refractivity contribution is 5.87. The van der Waals surface area contributed by atoms with E-state index in [0.717, 1.165) is 6.42 Å². The highest BCUT2D eigenvalue weighted by Gasteiger charge is 1.93. The highest BCUT2D eigenvalue weighted by Crippen LogP contribution is 2.09. The Labute approximate surface area is 75.2 Å². The number of hydrogen-bond donors (Lipinski definition) is 0. The average Bonchev–Trinajstić information content (AvgIpc) is 1.84. The van der Waals surface area contributed by atoms with Gasteiger partial charge in [0.25, 0.3) is 0 Å².